The van der Waals surface area contributed by atoms with Crippen molar-refractivity contribution in [3.8, 4) is 5.75 Å². The molecule has 1 aliphatic rings. The maximum absolute atomic E-state index is 13.7. The number of halogens is 1. The molecule has 1 fully saturated rings. The Hall–Kier alpha value is -2.11. The number of benzene rings is 1. The van der Waals surface area contributed by atoms with Gasteiger partial charge in [-0.15, -0.1) is 0 Å². The Morgan fingerprint density at radius 3 is 2.35 bits per heavy atom. The molecule has 0 bridgehead atoms. The van der Waals surface area contributed by atoms with Gasteiger partial charge < -0.3 is 14.5 Å². The molecule has 0 atom stereocenters. The summed E-state index contributed by atoms with van der Waals surface area (Å²) >= 11 is 0. The molecule has 1 aromatic rings. The minimum absolute atomic E-state index is 0.0413. The summed E-state index contributed by atoms with van der Waals surface area (Å²) in [5.74, 6) is -0.213. The second-order valence-electron chi connectivity index (χ2n) is 5.61. The smallest absolute Gasteiger partial charge is 0.227 e. The van der Waals surface area contributed by atoms with Crippen molar-refractivity contribution < 1.29 is 18.7 Å². The number of carbonyl (C=O) groups is 2. The highest BCUT2D eigenvalue weighted by atomic mass is 19.1. The van der Waals surface area contributed by atoms with Crippen LogP contribution in [-0.2, 0) is 16.0 Å². The van der Waals surface area contributed by atoms with Gasteiger partial charge in [0.25, 0.3) is 0 Å². The van der Waals surface area contributed by atoms with E-state index in [-0.39, 0.29) is 24.0 Å². The van der Waals surface area contributed by atoms with Crippen LogP contribution in [-0.4, -0.2) is 54.9 Å². The van der Waals surface area contributed by atoms with Gasteiger partial charge in [-0.3, -0.25) is 9.59 Å². The second kappa shape index (κ2) is 7.94. The third-order valence-electron chi connectivity index (χ3n) is 4.08. The minimum Gasteiger partial charge on any atom is -0.494 e. The van der Waals surface area contributed by atoms with Gasteiger partial charge in [-0.05, 0) is 24.1 Å². The average molecular weight is 322 g/mol. The maximum Gasteiger partial charge on any atom is 0.227 e. The third kappa shape index (κ3) is 4.43. The zero-order valence-corrected chi connectivity index (χ0v) is 13.7. The highest BCUT2D eigenvalue weighted by Crippen LogP contribution is 2.18. The fraction of sp³-hybridized carbons (Fsp3) is 0.529. The minimum atomic E-state index is -0.464. The molecule has 0 aliphatic carbocycles. The Balaban J connectivity index is 1.95. The molecule has 126 valence electrons. The Morgan fingerprint density at radius 1 is 1.13 bits per heavy atom. The van der Waals surface area contributed by atoms with E-state index in [2.05, 4.69) is 0 Å². The van der Waals surface area contributed by atoms with Crippen LogP contribution < -0.4 is 4.74 Å². The molecule has 0 spiro atoms. The van der Waals surface area contributed by atoms with Crippen molar-refractivity contribution in [3.63, 3.8) is 0 Å². The molecule has 0 radical (unpaired) electrons. The summed E-state index contributed by atoms with van der Waals surface area (Å²) in [5.41, 5.74) is 0.624. The van der Waals surface area contributed by atoms with Crippen molar-refractivity contribution in [2.75, 3.05) is 33.3 Å². The molecule has 1 saturated heterocycles. The topological polar surface area (TPSA) is 49.9 Å². The normalized spacial score (nSPS) is 15.3. The lowest BCUT2D eigenvalue weighted by Crippen LogP contribution is -2.37. The maximum atomic E-state index is 13.7. The van der Waals surface area contributed by atoms with Gasteiger partial charge in [0.15, 0.2) is 11.6 Å². The molecule has 23 heavy (non-hydrogen) atoms. The predicted octanol–water partition coefficient (Wildman–Crippen LogP) is 1.85. The fourth-order valence-electron chi connectivity index (χ4n) is 2.75. The molecule has 2 rings (SSSR count). The van der Waals surface area contributed by atoms with E-state index in [1.807, 2.05) is 6.92 Å². The van der Waals surface area contributed by atoms with Gasteiger partial charge in [-0.25, -0.2) is 4.39 Å². The van der Waals surface area contributed by atoms with Crippen LogP contribution in [0.25, 0.3) is 0 Å². The Labute approximate surface area is 136 Å². The summed E-state index contributed by atoms with van der Waals surface area (Å²) in [7, 11) is 1.41. The lowest BCUT2D eigenvalue weighted by molar-refractivity contribution is -0.133. The average Bonchev–Trinajstić information content (AvgIpc) is 2.80. The molecule has 1 aliphatic heterocycles. The molecule has 0 N–H and O–H groups in total. The molecule has 0 unspecified atom stereocenters. The van der Waals surface area contributed by atoms with E-state index in [1.54, 1.807) is 15.9 Å². The first-order valence-corrected chi connectivity index (χ1v) is 7.93. The van der Waals surface area contributed by atoms with E-state index in [4.69, 9.17) is 4.74 Å². The number of methoxy groups -OCH3 is 1. The molecular formula is C17H23FN2O3. The van der Waals surface area contributed by atoms with Crippen molar-refractivity contribution in [2.45, 2.75) is 26.2 Å². The van der Waals surface area contributed by atoms with Gasteiger partial charge in [0.05, 0.1) is 13.5 Å². The van der Waals surface area contributed by atoms with Crippen LogP contribution in [0.4, 0.5) is 4.39 Å². The Kier molecular flexibility index (Phi) is 5.96. The van der Waals surface area contributed by atoms with Crippen molar-refractivity contribution >= 4 is 11.8 Å². The van der Waals surface area contributed by atoms with Gasteiger partial charge in [-0.2, -0.15) is 0 Å². The van der Waals surface area contributed by atoms with Gasteiger partial charge in [0.1, 0.15) is 0 Å². The van der Waals surface area contributed by atoms with Crippen LogP contribution in [0.15, 0.2) is 18.2 Å². The SMILES string of the molecule is CCC(=O)N1CCCN(C(=O)Cc2ccc(OC)c(F)c2)CC1. The summed E-state index contributed by atoms with van der Waals surface area (Å²) in [6.07, 6.45) is 1.41. The lowest BCUT2D eigenvalue weighted by Gasteiger charge is -2.22. The molecule has 1 heterocycles. The number of ether oxygens (including phenoxy) is 1. The first kappa shape index (κ1) is 17.2. The summed E-state index contributed by atoms with van der Waals surface area (Å²) in [6.45, 7) is 4.26. The molecule has 6 heteroatoms. The van der Waals surface area contributed by atoms with Gasteiger partial charge in [-0.1, -0.05) is 13.0 Å². The molecule has 5 nitrogen and oxygen atoms in total. The zero-order valence-electron chi connectivity index (χ0n) is 13.7. The second-order valence-corrected chi connectivity index (χ2v) is 5.61. The van der Waals surface area contributed by atoms with Crippen molar-refractivity contribution in [1.82, 2.24) is 9.80 Å². The van der Waals surface area contributed by atoms with E-state index in [1.165, 1.54) is 19.2 Å². The van der Waals surface area contributed by atoms with Crippen LogP contribution in [0.1, 0.15) is 25.3 Å². The Bertz CT molecular complexity index is 577. The van der Waals surface area contributed by atoms with Gasteiger partial charge in [0.2, 0.25) is 11.8 Å². The number of nitrogens with zero attached hydrogens (tertiary/aromatic N) is 2. The van der Waals surface area contributed by atoms with Crippen LogP contribution in [0.3, 0.4) is 0 Å². The van der Waals surface area contributed by atoms with Crippen molar-refractivity contribution in [3.05, 3.63) is 29.6 Å². The predicted molar refractivity (Wildman–Crippen MR) is 84.7 cm³/mol. The number of amides is 2. The molecular weight excluding hydrogens is 299 g/mol. The quantitative estimate of drug-likeness (QED) is 0.850. The standard InChI is InChI=1S/C17H23FN2O3/c1-3-16(21)19-7-4-8-20(10-9-19)17(22)12-13-5-6-15(23-2)14(18)11-13/h5-6,11H,3-4,7-10,12H2,1-2H3. The first-order valence-electron chi connectivity index (χ1n) is 7.93. The van der Waals surface area contributed by atoms with Crippen LogP contribution >= 0.6 is 0 Å². The molecule has 0 saturated carbocycles. The summed E-state index contributed by atoms with van der Waals surface area (Å²) in [6, 6.07) is 4.56. The largest absolute Gasteiger partial charge is 0.494 e. The van der Waals surface area contributed by atoms with E-state index >= 15 is 0 Å². The summed E-state index contributed by atoms with van der Waals surface area (Å²) in [4.78, 5) is 27.7. The van der Waals surface area contributed by atoms with Gasteiger partial charge >= 0.3 is 0 Å². The monoisotopic (exact) mass is 322 g/mol. The zero-order chi connectivity index (χ0) is 16.8. The van der Waals surface area contributed by atoms with Crippen LogP contribution in [0, 0.1) is 5.82 Å². The Morgan fingerprint density at radius 2 is 1.78 bits per heavy atom. The number of carbonyl (C=O) groups excluding carboxylic acids is 2. The third-order valence-corrected chi connectivity index (χ3v) is 4.08. The van der Waals surface area contributed by atoms with E-state index in [9.17, 15) is 14.0 Å². The number of hydrogen-bond donors (Lipinski definition) is 0. The van der Waals surface area contributed by atoms with Crippen LogP contribution in [0.5, 0.6) is 5.75 Å². The number of rotatable bonds is 4. The highest BCUT2D eigenvalue weighted by molar-refractivity contribution is 5.79. The summed E-state index contributed by atoms with van der Waals surface area (Å²) < 4.78 is 18.6. The van der Waals surface area contributed by atoms with E-state index < -0.39 is 5.82 Å². The van der Waals surface area contributed by atoms with E-state index in [0.717, 1.165) is 6.42 Å². The molecule has 0 aromatic heterocycles. The van der Waals surface area contributed by atoms with Gasteiger partial charge in [0, 0.05) is 32.6 Å². The van der Waals surface area contributed by atoms with E-state index in [0.29, 0.717) is 38.2 Å². The first-order chi connectivity index (χ1) is 11.0. The summed E-state index contributed by atoms with van der Waals surface area (Å²) in [5, 5.41) is 0. The van der Waals surface area contributed by atoms with Crippen LogP contribution in [0.2, 0.25) is 0 Å². The fourth-order valence-corrected chi connectivity index (χ4v) is 2.75. The molecule has 1 aromatic carbocycles. The van der Waals surface area contributed by atoms with Crippen molar-refractivity contribution in [2.24, 2.45) is 0 Å². The van der Waals surface area contributed by atoms with Crippen molar-refractivity contribution in [1.29, 1.82) is 0 Å². The molecule has 2 amide bonds. The highest BCUT2D eigenvalue weighted by Gasteiger charge is 2.21. The lowest BCUT2D eigenvalue weighted by atomic mass is 10.1. The number of hydrogen-bond acceptors (Lipinski definition) is 3.